The van der Waals surface area contributed by atoms with Gasteiger partial charge in [-0.3, -0.25) is 19.7 Å². The summed E-state index contributed by atoms with van der Waals surface area (Å²) in [4.78, 5) is 42.9. The van der Waals surface area contributed by atoms with Gasteiger partial charge in [0.05, 0.1) is 44.9 Å². The Hall–Kier alpha value is -3.79. The molecule has 31 heavy (non-hydrogen) atoms. The van der Waals surface area contributed by atoms with Crippen LogP contribution in [0.3, 0.4) is 0 Å². The van der Waals surface area contributed by atoms with Crippen LogP contribution in [0.4, 0.5) is 5.69 Å². The molecule has 1 atom stereocenters. The van der Waals surface area contributed by atoms with Crippen molar-refractivity contribution in [2.24, 2.45) is 0 Å². The number of aryl methyl sites for hydroxylation is 2. The molecule has 1 amide bonds. The lowest BCUT2D eigenvalue weighted by atomic mass is 9.94. The van der Waals surface area contributed by atoms with Gasteiger partial charge in [-0.15, -0.1) is 11.3 Å². The van der Waals surface area contributed by atoms with Crippen molar-refractivity contribution >= 4 is 28.7 Å². The molecule has 2 aromatic heterocycles. The molecule has 3 aromatic rings. The minimum atomic E-state index is -1.02. The van der Waals surface area contributed by atoms with Crippen molar-refractivity contribution in [3.63, 3.8) is 0 Å². The molecule has 3 heterocycles. The molecule has 10 heteroatoms. The maximum absolute atomic E-state index is 13.4. The summed E-state index contributed by atoms with van der Waals surface area (Å²) in [6.07, 6.45) is 1.45. The standard InChI is InChI=1S/C21H17N3O6S/c1-11-20(31-12(2)22-11)18(25)16-17(13-5-3-6-14(9-13)24(28)29)23(21(27)19(16)26)10-15-7-4-8-30-15/h3-9,17,26H,10H2,1-2H3. The zero-order valence-corrected chi connectivity index (χ0v) is 17.4. The number of Topliss-reactive ketones (excluding diaryl/α,β-unsaturated/α-hetero) is 1. The number of nitro groups is 1. The van der Waals surface area contributed by atoms with Crippen LogP contribution in [-0.2, 0) is 11.3 Å². The van der Waals surface area contributed by atoms with E-state index in [2.05, 4.69) is 4.98 Å². The van der Waals surface area contributed by atoms with E-state index >= 15 is 0 Å². The number of hydrogen-bond acceptors (Lipinski definition) is 8. The normalized spacial score (nSPS) is 16.3. The zero-order valence-electron chi connectivity index (χ0n) is 16.6. The molecular weight excluding hydrogens is 422 g/mol. The molecule has 1 aromatic carbocycles. The minimum absolute atomic E-state index is 0.0271. The summed E-state index contributed by atoms with van der Waals surface area (Å²) in [5.74, 6) is -1.53. The monoisotopic (exact) mass is 439 g/mol. The molecule has 4 rings (SSSR count). The highest BCUT2D eigenvalue weighted by Gasteiger charge is 2.45. The Morgan fingerprint density at radius 2 is 2.10 bits per heavy atom. The quantitative estimate of drug-likeness (QED) is 0.349. The van der Waals surface area contributed by atoms with Gasteiger partial charge in [0.2, 0.25) is 5.78 Å². The smallest absolute Gasteiger partial charge is 0.290 e. The molecule has 0 radical (unpaired) electrons. The van der Waals surface area contributed by atoms with E-state index in [1.54, 1.807) is 32.0 Å². The van der Waals surface area contributed by atoms with Crippen molar-refractivity contribution in [2.45, 2.75) is 26.4 Å². The fourth-order valence-electron chi connectivity index (χ4n) is 3.64. The number of aliphatic hydroxyl groups is 1. The molecule has 158 valence electrons. The highest BCUT2D eigenvalue weighted by molar-refractivity contribution is 7.14. The minimum Gasteiger partial charge on any atom is -0.503 e. The predicted octanol–water partition coefficient (Wildman–Crippen LogP) is 4.04. The summed E-state index contributed by atoms with van der Waals surface area (Å²) in [6, 6.07) is 7.96. The third-order valence-electron chi connectivity index (χ3n) is 4.96. The lowest BCUT2D eigenvalue weighted by molar-refractivity contribution is -0.384. The van der Waals surface area contributed by atoms with E-state index in [0.717, 1.165) is 11.3 Å². The van der Waals surface area contributed by atoms with Crippen LogP contribution in [0.15, 0.2) is 58.4 Å². The lowest BCUT2D eigenvalue weighted by Gasteiger charge is -2.25. The number of hydrogen-bond donors (Lipinski definition) is 1. The molecule has 0 fully saturated rings. The molecule has 1 aliphatic rings. The molecule has 0 aliphatic carbocycles. The average molecular weight is 439 g/mol. The van der Waals surface area contributed by atoms with Gasteiger partial charge >= 0.3 is 0 Å². The van der Waals surface area contributed by atoms with Gasteiger partial charge in [-0.25, -0.2) is 4.98 Å². The van der Waals surface area contributed by atoms with Crippen LogP contribution in [0.1, 0.15) is 37.7 Å². The van der Waals surface area contributed by atoms with Crippen molar-refractivity contribution < 1.29 is 24.0 Å². The van der Waals surface area contributed by atoms with E-state index < -0.39 is 28.4 Å². The molecule has 0 saturated carbocycles. The highest BCUT2D eigenvalue weighted by Crippen LogP contribution is 2.41. The van der Waals surface area contributed by atoms with Crippen LogP contribution in [0.5, 0.6) is 0 Å². The number of benzene rings is 1. The molecule has 1 unspecified atom stereocenters. The van der Waals surface area contributed by atoms with Crippen LogP contribution in [0, 0.1) is 24.0 Å². The first kappa shape index (κ1) is 20.5. The van der Waals surface area contributed by atoms with E-state index in [9.17, 15) is 24.8 Å². The van der Waals surface area contributed by atoms with E-state index in [0.29, 0.717) is 26.9 Å². The third kappa shape index (κ3) is 3.61. The average Bonchev–Trinajstić information content (AvgIpc) is 3.43. The summed E-state index contributed by atoms with van der Waals surface area (Å²) >= 11 is 1.16. The number of carbonyl (C=O) groups is 2. The summed E-state index contributed by atoms with van der Waals surface area (Å²) in [7, 11) is 0. The van der Waals surface area contributed by atoms with E-state index in [-0.39, 0.29) is 17.8 Å². The van der Waals surface area contributed by atoms with Gasteiger partial charge < -0.3 is 14.4 Å². The Morgan fingerprint density at radius 1 is 1.32 bits per heavy atom. The van der Waals surface area contributed by atoms with E-state index in [4.69, 9.17) is 4.42 Å². The molecule has 0 bridgehead atoms. The topological polar surface area (TPSA) is 127 Å². The van der Waals surface area contributed by atoms with Gasteiger partial charge in [0.25, 0.3) is 11.6 Å². The molecule has 1 aliphatic heterocycles. The van der Waals surface area contributed by atoms with Crippen molar-refractivity contribution in [3.05, 3.63) is 91.0 Å². The molecule has 1 N–H and O–H groups in total. The number of furan rings is 1. The maximum Gasteiger partial charge on any atom is 0.290 e. The molecular formula is C21H17N3O6S. The zero-order chi connectivity index (χ0) is 22.3. The number of aromatic nitrogens is 1. The summed E-state index contributed by atoms with van der Waals surface area (Å²) in [6.45, 7) is 3.40. The van der Waals surface area contributed by atoms with Crippen molar-refractivity contribution in [1.82, 2.24) is 9.88 Å². The Morgan fingerprint density at radius 3 is 2.71 bits per heavy atom. The number of rotatable bonds is 6. The van der Waals surface area contributed by atoms with Gasteiger partial charge in [-0.05, 0) is 31.5 Å². The number of non-ortho nitro benzene ring substituents is 1. The first-order chi connectivity index (χ1) is 14.8. The summed E-state index contributed by atoms with van der Waals surface area (Å²) in [5.41, 5.74) is 0.498. The lowest BCUT2D eigenvalue weighted by Crippen LogP contribution is -2.30. The van der Waals surface area contributed by atoms with Crippen molar-refractivity contribution in [2.75, 3.05) is 0 Å². The first-order valence-electron chi connectivity index (χ1n) is 9.27. The Kier molecular flexibility index (Phi) is 5.15. The van der Waals surface area contributed by atoms with Gasteiger partial charge in [0.1, 0.15) is 5.76 Å². The molecule has 0 spiro atoms. The van der Waals surface area contributed by atoms with Crippen LogP contribution in [0.25, 0.3) is 0 Å². The Balaban J connectivity index is 1.85. The van der Waals surface area contributed by atoms with Gasteiger partial charge in [-0.1, -0.05) is 12.1 Å². The SMILES string of the molecule is Cc1nc(C)c(C(=O)C2=C(O)C(=O)N(Cc3ccco3)C2c2cccc([N+](=O)[O-])c2)s1. The van der Waals surface area contributed by atoms with Gasteiger partial charge in [0.15, 0.2) is 5.76 Å². The number of nitro benzene ring substituents is 1. The van der Waals surface area contributed by atoms with Crippen LogP contribution >= 0.6 is 11.3 Å². The summed E-state index contributed by atoms with van der Waals surface area (Å²) < 4.78 is 5.33. The van der Waals surface area contributed by atoms with Crippen LogP contribution in [-0.4, -0.2) is 31.6 Å². The largest absolute Gasteiger partial charge is 0.503 e. The van der Waals surface area contributed by atoms with Crippen molar-refractivity contribution in [1.29, 1.82) is 0 Å². The molecule has 9 nitrogen and oxygen atoms in total. The summed E-state index contributed by atoms with van der Waals surface area (Å²) in [5, 5.41) is 22.6. The second kappa shape index (κ2) is 7.80. The number of thiazole rings is 1. The van der Waals surface area contributed by atoms with E-state index in [1.807, 2.05) is 0 Å². The third-order valence-corrected chi connectivity index (χ3v) is 6.03. The maximum atomic E-state index is 13.4. The fraction of sp³-hybridized carbons (Fsp3) is 0.190. The number of aliphatic hydroxyl groups excluding tert-OH is 1. The molecule has 0 saturated heterocycles. The number of amides is 1. The van der Waals surface area contributed by atoms with Crippen LogP contribution in [0.2, 0.25) is 0 Å². The second-order valence-corrected chi connectivity index (χ2v) is 8.21. The number of nitrogens with zero attached hydrogens (tertiary/aromatic N) is 3. The Bertz CT molecular complexity index is 1230. The van der Waals surface area contributed by atoms with Crippen LogP contribution < -0.4 is 0 Å². The van der Waals surface area contributed by atoms with E-state index in [1.165, 1.54) is 29.4 Å². The van der Waals surface area contributed by atoms with Gasteiger partial charge in [-0.2, -0.15) is 0 Å². The number of ketones is 1. The second-order valence-electron chi connectivity index (χ2n) is 7.01. The van der Waals surface area contributed by atoms with Crippen molar-refractivity contribution in [3.8, 4) is 0 Å². The number of carbonyl (C=O) groups excluding carboxylic acids is 2. The Labute approximate surface area is 180 Å². The highest BCUT2D eigenvalue weighted by atomic mass is 32.1. The predicted molar refractivity (Wildman–Crippen MR) is 111 cm³/mol. The first-order valence-corrected chi connectivity index (χ1v) is 10.1. The fourth-order valence-corrected chi connectivity index (χ4v) is 4.51. The van der Waals surface area contributed by atoms with Gasteiger partial charge in [0, 0.05) is 12.1 Å².